The normalized spacial score (nSPS) is 17.9. The third-order valence-electron chi connectivity index (χ3n) is 5.89. The molecular weight excluding hydrogens is 340 g/mol. The Morgan fingerprint density at radius 2 is 1.33 bits per heavy atom. The van der Waals surface area contributed by atoms with Crippen molar-refractivity contribution in [2.45, 2.75) is 51.4 Å². The molecule has 5 nitrogen and oxygen atoms in total. The molecule has 1 aromatic carbocycles. The van der Waals surface area contributed by atoms with E-state index in [9.17, 15) is 14.4 Å². The first-order valence-electron chi connectivity index (χ1n) is 10.3. The van der Waals surface area contributed by atoms with Crippen LogP contribution in [-0.4, -0.2) is 53.6 Å². The molecule has 27 heavy (non-hydrogen) atoms. The quantitative estimate of drug-likeness (QED) is 0.692. The largest absolute Gasteiger partial charge is 0.339 e. The standard InChI is InChI=1S/C22H30N2O3/c25-20(19-8-2-1-3-9-19)11-13-22(27)24-16-14-23(15-17-24)21(26)12-10-18-6-4-5-7-18/h1-3,8-9,18H,4-7,10-17H2. The lowest BCUT2D eigenvalue weighted by molar-refractivity contribution is -0.139. The maximum Gasteiger partial charge on any atom is 0.223 e. The Morgan fingerprint density at radius 1 is 0.778 bits per heavy atom. The molecular formula is C22H30N2O3. The van der Waals surface area contributed by atoms with Gasteiger partial charge in [-0.15, -0.1) is 0 Å². The van der Waals surface area contributed by atoms with Crippen molar-refractivity contribution in [2.75, 3.05) is 26.2 Å². The van der Waals surface area contributed by atoms with Crippen LogP contribution in [0.4, 0.5) is 0 Å². The number of benzene rings is 1. The van der Waals surface area contributed by atoms with E-state index in [0.29, 0.717) is 38.2 Å². The zero-order chi connectivity index (χ0) is 19.1. The molecule has 2 aliphatic rings. The van der Waals surface area contributed by atoms with E-state index in [4.69, 9.17) is 0 Å². The molecule has 0 N–H and O–H groups in total. The summed E-state index contributed by atoms with van der Waals surface area (Å²) in [7, 11) is 0. The van der Waals surface area contributed by atoms with Crippen molar-refractivity contribution in [1.82, 2.24) is 9.80 Å². The van der Waals surface area contributed by atoms with Gasteiger partial charge >= 0.3 is 0 Å². The molecule has 1 saturated carbocycles. The molecule has 0 spiro atoms. The molecule has 1 saturated heterocycles. The van der Waals surface area contributed by atoms with E-state index in [2.05, 4.69) is 0 Å². The highest BCUT2D eigenvalue weighted by Gasteiger charge is 2.25. The molecule has 0 radical (unpaired) electrons. The number of nitrogens with zero attached hydrogens (tertiary/aromatic N) is 2. The molecule has 1 heterocycles. The predicted molar refractivity (Wildman–Crippen MR) is 104 cm³/mol. The fourth-order valence-electron chi connectivity index (χ4n) is 4.14. The average Bonchev–Trinajstić information content (AvgIpc) is 3.24. The summed E-state index contributed by atoms with van der Waals surface area (Å²) >= 11 is 0. The van der Waals surface area contributed by atoms with E-state index in [-0.39, 0.29) is 30.4 Å². The van der Waals surface area contributed by atoms with Crippen LogP contribution in [0.2, 0.25) is 0 Å². The molecule has 2 amide bonds. The lowest BCUT2D eigenvalue weighted by Crippen LogP contribution is -2.50. The zero-order valence-electron chi connectivity index (χ0n) is 16.1. The van der Waals surface area contributed by atoms with Gasteiger partial charge in [-0.25, -0.2) is 0 Å². The second kappa shape index (κ2) is 9.67. The topological polar surface area (TPSA) is 57.7 Å². The van der Waals surface area contributed by atoms with E-state index < -0.39 is 0 Å². The van der Waals surface area contributed by atoms with Crippen LogP contribution < -0.4 is 0 Å². The highest BCUT2D eigenvalue weighted by atomic mass is 16.2. The van der Waals surface area contributed by atoms with E-state index in [0.717, 1.165) is 12.3 Å². The van der Waals surface area contributed by atoms with Crippen LogP contribution in [0.15, 0.2) is 30.3 Å². The molecule has 2 fully saturated rings. The lowest BCUT2D eigenvalue weighted by atomic mass is 10.0. The van der Waals surface area contributed by atoms with E-state index >= 15 is 0 Å². The first-order valence-corrected chi connectivity index (χ1v) is 10.3. The number of Topliss-reactive ketones (excluding diaryl/α,β-unsaturated/α-hetero) is 1. The fraction of sp³-hybridized carbons (Fsp3) is 0.591. The number of ketones is 1. The molecule has 0 atom stereocenters. The average molecular weight is 370 g/mol. The summed E-state index contributed by atoms with van der Waals surface area (Å²) in [5.74, 6) is 0.981. The van der Waals surface area contributed by atoms with Crippen LogP contribution in [-0.2, 0) is 9.59 Å². The van der Waals surface area contributed by atoms with Crippen molar-refractivity contribution in [1.29, 1.82) is 0 Å². The third-order valence-corrected chi connectivity index (χ3v) is 5.89. The molecule has 5 heteroatoms. The number of hydrogen-bond donors (Lipinski definition) is 0. The molecule has 0 unspecified atom stereocenters. The van der Waals surface area contributed by atoms with Crippen LogP contribution in [0.25, 0.3) is 0 Å². The number of amides is 2. The second-order valence-electron chi connectivity index (χ2n) is 7.74. The summed E-state index contributed by atoms with van der Waals surface area (Å²) in [6.07, 6.45) is 7.31. The van der Waals surface area contributed by atoms with Crippen LogP contribution in [0, 0.1) is 5.92 Å². The van der Waals surface area contributed by atoms with Crippen molar-refractivity contribution in [3.8, 4) is 0 Å². The number of carbonyl (C=O) groups is 3. The van der Waals surface area contributed by atoms with Gasteiger partial charge in [0.25, 0.3) is 0 Å². The Balaban J connectivity index is 1.36. The fourth-order valence-corrected chi connectivity index (χ4v) is 4.14. The molecule has 0 aromatic heterocycles. The van der Waals surface area contributed by atoms with Gasteiger partial charge in [0.05, 0.1) is 0 Å². The summed E-state index contributed by atoms with van der Waals surface area (Å²) in [6.45, 7) is 2.38. The third kappa shape index (κ3) is 5.65. The Labute approximate surface area is 161 Å². The zero-order valence-corrected chi connectivity index (χ0v) is 16.1. The van der Waals surface area contributed by atoms with Gasteiger partial charge in [0.2, 0.25) is 11.8 Å². The Morgan fingerprint density at radius 3 is 1.93 bits per heavy atom. The molecule has 0 bridgehead atoms. The summed E-state index contributed by atoms with van der Waals surface area (Å²) in [5, 5.41) is 0. The molecule has 146 valence electrons. The minimum Gasteiger partial charge on any atom is -0.339 e. The maximum absolute atomic E-state index is 12.4. The highest BCUT2D eigenvalue weighted by molar-refractivity contribution is 5.97. The van der Waals surface area contributed by atoms with Crippen LogP contribution >= 0.6 is 0 Å². The number of rotatable bonds is 7. The SMILES string of the molecule is O=C(CCC(=O)N1CCN(C(=O)CCC2CCCC2)CC1)c1ccccc1. The maximum atomic E-state index is 12.4. The summed E-state index contributed by atoms with van der Waals surface area (Å²) in [6, 6.07) is 9.10. The van der Waals surface area contributed by atoms with Gasteiger partial charge in [-0.2, -0.15) is 0 Å². The molecule has 1 aliphatic carbocycles. The van der Waals surface area contributed by atoms with Gasteiger partial charge in [-0.05, 0) is 12.3 Å². The first-order chi connectivity index (χ1) is 13.1. The minimum atomic E-state index is 0.00433. The molecule has 1 aliphatic heterocycles. The summed E-state index contributed by atoms with van der Waals surface area (Å²) < 4.78 is 0. The van der Waals surface area contributed by atoms with Crippen LogP contribution in [0.3, 0.4) is 0 Å². The summed E-state index contributed by atoms with van der Waals surface area (Å²) in [4.78, 5) is 40.6. The van der Waals surface area contributed by atoms with Crippen molar-refractivity contribution >= 4 is 17.6 Å². The van der Waals surface area contributed by atoms with Gasteiger partial charge < -0.3 is 9.80 Å². The van der Waals surface area contributed by atoms with E-state index in [1.165, 1.54) is 25.7 Å². The lowest BCUT2D eigenvalue weighted by Gasteiger charge is -2.35. The second-order valence-corrected chi connectivity index (χ2v) is 7.74. The van der Waals surface area contributed by atoms with Crippen LogP contribution in [0.1, 0.15) is 61.7 Å². The number of hydrogen-bond acceptors (Lipinski definition) is 3. The van der Waals surface area contributed by atoms with Crippen molar-refractivity contribution < 1.29 is 14.4 Å². The minimum absolute atomic E-state index is 0.00433. The van der Waals surface area contributed by atoms with Crippen molar-refractivity contribution in [2.24, 2.45) is 5.92 Å². The van der Waals surface area contributed by atoms with Gasteiger partial charge in [0.1, 0.15) is 0 Å². The molecule has 1 aromatic rings. The molecule has 3 rings (SSSR count). The highest BCUT2D eigenvalue weighted by Crippen LogP contribution is 2.28. The Bertz CT molecular complexity index is 645. The van der Waals surface area contributed by atoms with Gasteiger partial charge in [0, 0.05) is 51.0 Å². The monoisotopic (exact) mass is 370 g/mol. The van der Waals surface area contributed by atoms with Crippen molar-refractivity contribution in [3.63, 3.8) is 0 Å². The first kappa shape index (κ1) is 19.6. The predicted octanol–water partition coefficient (Wildman–Crippen LogP) is 3.29. The Kier molecular flexibility index (Phi) is 7.02. The number of piperazine rings is 1. The van der Waals surface area contributed by atoms with Gasteiger partial charge in [0.15, 0.2) is 5.78 Å². The number of carbonyl (C=O) groups excluding carboxylic acids is 3. The Hall–Kier alpha value is -2.17. The summed E-state index contributed by atoms with van der Waals surface area (Å²) in [5.41, 5.74) is 0.656. The van der Waals surface area contributed by atoms with Crippen LogP contribution in [0.5, 0.6) is 0 Å². The van der Waals surface area contributed by atoms with Gasteiger partial charge in [-0.1, -0.05) is 56.0 Å². The van der Waals surface area contributed by atoms with Gasteiger partial charge in [-0.3, -0.25) is 14.4 Å². The van der Waals surface area contributed by atoms with E-state index in [1.54, 1.807) is 17.0 Å². The smallest absolute Gasteiger partial charge is 0.223 e. The van der Waals surface area contributed by atoms with E-state index in [1.807, 2.05) is 23.1 Å². The van der Waals surface area contributed by atoms with Crippen molar-refractivity contribution in [3.05, 3.63) is 35.9 Å².